The lowest BCUT2D eigenvalue weighted by molar-refractivity contribution is -0.127. The van der Waals surface area contributed by atoms with Crippen LogP contribution in [0.1, 0.15) is 63.9 Å². The van der Waals surface area contributed by atoms with Gasteiger partial charge in [0.25, 0.3) is 24.2 Å². The first-order valence-electron chi connectivity index (χ1n) is 16.1. The first kappa shape index (κ1) is 36.2. The Morgan fingerprint density at radius 3 is 2.25 bits per heavy atom. The van der Waals surface area contributed by atoms with Crippen LogP contribution in [0.2, 0.25) is 0 Å². The van der Waals surface area contributed by atoms with Crippen LogP contribution in [-0.4, -0.2) is 57.9 Å². The number of nitrogens with two attached hydrogens (primary N) is 1. The molecule has 2 amide bonds. The van der Waals surface area contributed by atoms with Gasteiger partial charge < -0.3 is 20.7 Å². The summed E-state index contributed by atoms with van der Waals surface area (Å²) in [6.45, 7) is 0.712. The normalized spacial score (nSPS) is 18.6. The fraction of sp³-hybridized carbons (Fsp3) is 0.382. The topological polar surface area (TPSA) is 128 Å². The van der Waals surface area contributed by atoms with E-state index < -0.39 is 102 Å². The predicted octanol–water partition coefficient (Wildman–Crippen LogP) is 5.71. The smallest absolute Gasteiger partial charge is 0.290 e. The highest BCUT2D eigenvalue weighted by Gasteiger charge is 2.55. The number of nitrogens with zero attached hydrogens (tertiary/aromatic N) is 5. The van der Waals surface area contributed by atoms with Crippen molar-refractivity contribution in [1.82, 2.24) is 25.1 Å². The van der Waals surface area contributed by atoms with Crippen LogP contribution in [0, 0.1) is 22.9 Å². The highest BCUT2D eigenvalue weighted by atomic mass is 19.3. The largest absolute Gasteiger partial charge is 0.380 e. The van der Waals surface area contributed by atoms with E-state index in [0.29, 0.717) is 32.4 Å². The maximum absolute atomic E-state index is 15.1. The number of carbonyl (C=O) groups is 2. The van der Waals surface area contributed by atoms with E-state index in [9.17, 15) is 40.3 Å². The number of rotatable bonds is 10. The van der Waals surface area contributed by atoms with Crippen LogP contribution in [-0.2, 0) is 34.3 Å². The summed E-state index contributed by atoms with van der Waals surface area (Å²) in [6, 6.07) is 4.35. The maximum Gasteiger partial charge on any atom is 0.290 e. The van der Waals surface area contributed by atoms with Gasteiger partial charge in [-0.2, -0.15) is 13.9 Å². The van der Waals surface area contributed by atoms with Crippen molar-refractivity contribution in [3.63, 3.8) is 0 Å². The first-order chi connectivity index (χ1) is 24.9. The average Bonchev–Trinajstić information content (AvgIpc) is 3.43. The second kappa shape index (κ2) is 13.0. The van der Waals surface area contributed by atoms with Crippen LogP contribution >= 0.6 is 0 Å². The van der Waals surface area contributed by atoms with Gasteiger partial charge in [-0.15, -0.1) is 0 Å². The number of hydrogen-bond donors (Lipinski definition) is 2. The van der Waals surface area contributed by atoms with Crippen molar-refractivity contribution in [2.45, 2.75) is 50.1 Å². The predicted molar refractivity (Wildman–Crippen MR) is 167 cm³/mol. The van der Waals surface area contributed by atoms with E-state index in [1.807, 2.05) is 0 Å². The molecular weight excluding hydrogens is 725 g/mol. The SMILES string of the molecule is NC(=O)c1cc(-c2cnc(N3CC4(COC4)C3)nc2C(Cc2cc(F)cc(F)c2)NC(=O)Cn2nc(C(F)F)c3c2C(F)(F)CCC3(F)F)ccc1F. The van der Waals surface area contributed by atoms with Crippen molar-refractivity contribution in [2.75, 3.05) is 31.2 Å². The number of hydrogen-bond acceptors (Lipinski definition) is 7. The van der Waals surface area contributed by atoms with E-state index in [1.165, 1.54) is 12.3 Å². The number of anilines is 1. The molecule has 7 rings (SSSR count). The van der Waals surface area contributed by atoms with Crippen molar-refractivity contribution in [2.24, 2.45) is 11.1 Å². The summed E-state index contributed by atoms with van der Waals surface area (Å²) < 4.78 is 136. The number of primary amides is 1. The Hall–Kier alpha value is -5.20. The highest BCUT2D eigenvalue weighted by molar-refractivity contribution is 5.94. The van der Waals surface area contributed by atoms with Crippen LogP contribution in [0.5, 0.6) is 0 Å². The van der Waals surface area contributed by atoms with E-state index in [4.69, 9.17) is 10.5 Å². The van der Waals surface area contributed by atoms with Gasteiger partial charge in [-0.25, -0.2) is 40.7 Å². The molecule has 4 heterocycles. The Bertz CT molecular complexity index is 2090. The number of carbonyl (C=O) groups excluding carboxylic acids is 2. The standard InChI is InChI=1S/C34H28F9N7O3/c35-18-5-16(6-19(36)9-18)7-23(46-24(51)11-50-28-25(27(48-50)29(38)39)33(40,41)3-4-34(28,42)43)26-21(17-1-2-22(37)20(8-17)30(44)52)10-45-31(47-26)49-12-32(13-49)14-53-15-32/h1-2,5-6,8-10,23,29H,3-4,7,11-15H2,(H2,44,52)(H,46,51). The van der Waals surface area contributed by atoms with Crippen molar-refractivity contribution in [3.05, 3.63) is 93.8 Å². The third kappa shape index (κ3) is 6.77. The minimum Gasteiger partial charge on any atom is -0.380 e. The second-order valence-corrected chi connectivity index (χ2v) is 13.5. The van der Waals surface area contributed by atoms with Crippen LogP contribution in [0.25, 0.3) is 11.1 Å². The highest BCUT2D eigenvalue weighted by Crippen LogP contribution is 2.52. The van der Waals surface area contributed by atoms with Crippen LogP contribution < -0.4 is 16.0 Å². The molecule has 2 aromatic heterocycles. The van der Waals surface area contributed by atoms with Crippen molar-refractivity contribution in [3.8, 4) is 11.1 Å². The Kier molecular flexibility index (Phi) is 8.89. The summed E-state index contributed by atoms with van der Waals surface area (Å²) in [7, 11) is 0. The van der Waals surface area contributed by atoms with Crippen LogP contribution in [0.4, 0.5) is 45.5 Å². The summed E-state index contributed by atoms with van der Waals surface area (Å²) in [5.41, 5.74) is 0.0138. The van der Waals surface area contributed by atoms with Gasteiger partial charge in [0.1, 0.15) is 35.4 Å². The average molecular weight is 754 g/mol. The molecule has 2 fully saturated rings. The van der Waals surface area contributed by atoms with E-state index in [0.717, 1.165) is 24.3 Å². The molecule has 1 aliphatic carbocycles. The number of amides is 2. The Balaban J connectivity index is 1.32. The van der Waals surface area contributed by atoms with E-state index in [1.54, 1.807) is 4.90 Å². The fourth-order valence-corrected chi connectivity index (χ4v) is 6.98. The summed E-state index contributed by atoms with van der Waals surface area (Å²) in [6.07, 6.45) is -5.65. The van der Waals surface area contributed by atoms with Crippen LogP contribution in [0.15, 0.2) is 42.6 Å². The molecule has 0 saturated carbocycles. The van der Waals surface area contributed by atoms with Crippen molar-refractivity contribution in [1.29, 1.82) is 0 Å². The number of aromatic nitrogens is 4. The zero-order valence-corrected chi connectivity index (χ0v) is 27.3. The Morgan fingerprint density at radius 2 is 1.62 bits per heavy atom. The lowest BCUT2D eigenvalue weighted by Gasteiger charge is -2.54. The number of benzene rings is 2. The van der Waals surface area contributed by atoms with Gasteiger partial charge in [0, 0.05) is 43.8 Å². The number of ether oxygens (including phenoxy) is 1. The number of nitrogens with one attached hydrogen (secondary N) is 1. The molecule has 3 N–H and O–H groups in total. The molecule has 53 heavy (non-hydrogen) atoms. The minimum absolute atomic E-state index is 0.0343. The number of alkyl halides is 6. The zero-order valence-electron chi connectivity index (χ0n) is 27.3. The molecule has 4 aromatic rings. The third-order valence-electron chi connectivity index (χ3n) is 9.47. The molecule has 280 valence electrons. The lowest BCUT2D eigenvalue weighted by atomic mass is 9.78. The number of fused-ring (bicyclic) bond motifs is 1. The molecule has 2 aliphatic heterocycles. The lowest BCUT2D eigenvalue weighted by Crippen LogP contribution is -2.66. The van der Waals surface area contributed by atoms with Crippen LogP contribution in [0.3, 0.4) is 0 Å². The van der Waals surface area contributed by atoms with E-state index in [-0.39, 0.29) is 38.4 Å². The van der Waals surface area contributed by atoms with Crippen molar-refractivity contribution < 1.29 is 53.8 Å². The zero-order chi connectivity index (χ0) is 38.0. The summed E-state index contributed by atoms with van der Waals surface area (Å²) in [5.74, 6) is -13.3. The molecule has 1 atom stereocenters. The molecule has 19 heteroatoms. The van der Waals surface area contributed by atoms with Gasteiger partial charge in [-0.3, -0.25) is 14.3 Å². The van der Waals surface area contributed by atoms with Gasteiger partial charge in [-0.1, -0.05) is 6.07 Å². The Labute approximate surface area is 294 Å². The first-order valence-corrected chi connectivity index (χ1v) is 16.1. The van der Waals surface area contributed by atoms with Gasteiger partial charge in [0.2, 0.25) is 11.9 Å². The van der Waals surface area contributed by atoms with E-state index in [2.05, 4.69) is 20.4 Å². The second-order valence-electron chi connectivity index (χ2n) is 13.5. The summed E-state index contributed by atoms with van der Waals surface area (Å²) in [5, 5.41) is 5.82. The van der Waals surface area contributed by atoms with Crippen molar-refractivity contribution >= 4 is 17.8 Å². The van der Waals surface area contributed by atoms with Gasteiger partial charge in [0.15, 0.2) is 0 Å². The third-order valence-corrected chi connectivity index (χ3v) is 9.47. The fourth-order valence-electron chi connectivity index (χ4n) is 6.98. The number of halogens is 9. The summed E-state index contributed by atoms with van der Waals surface area (Å²) >= 11 is 0. The monoisotopic (exact) mass is 753 g/mol. The molecule has 1 spiro atoms. The summed E-state index contributed by atoms with van der Waals surface area (Å²) in [4.78, 5) is 36.6. The maximum atomic E-state index is 15.1. The molecule has 1 unspecified atom stereocenters. The quantitative estimate of drug-likeness (QED) is 0.199. The molecular formula is C34H28F9N7O3. The molecule has 2 saturated heterocycles. The van der Waals surface area contributed by atoms with E-state index >= 15 is 8.78 Å². The minimum atomic E-state index is -4.09. The molecule has 0 bridgehead atoms. The van der Waals surface area contributed by atoms with Gasteiger partial charge >= 0.3 is 0 Å². The molecule has 10 nitrogen and oxygen atoms in total. The molecule has 3 aliphatic rings. The Morgan fingerprint density at radius 1 is 0.943 bits per heavy atom. The molecule has 0 radical (unpaired) electrons. The molecule has 2 aromatic carbocycles. The van der Waals surface area contributed by atoms with Gasteiger partial charge in [-0.05, 0) is 41.8 Å². The van der Waals surface area contributed by atoms with Gasteiger partial charge in [0.05, 0.1) is 41.5 Å².